The molecule has 0 spiro atoms. The maximum absolute atomic E-state index is 16.8. The van der Waals surface area contributed by atoms with Crippen molar-refractivity contribution < 1.29 is 56.1 Å². The molecule has 16 heteroatoms. The van der Waals surface area contributed by atoms with Gasteiger partial charge in [0, 0.05) is 56.6 Å². The Hall–Kier alpha value is -5.94. The maximum Gasteiger partial charge on any atom is 0.407 e. The molecule has 4 aliphatic carbocycles. The predicted molar refractivity (Wildman–Crippen MR) is 369 cm³/mol. The zero-order valence-corrected chi connectivity index (χ0v) is 58.6. The summed E-state index contributed by atoms with van der Waals surface area (Å²) in [5.41, 5.74) is 3.12. The van der Waals surface area contributed by atoms with E-state index in [-0.39, 0.29) is 79.3 Å². The third-order valence-corrected chi connectivity index (χ3v) is 27.3. The molecule has 1 heterocycles. The van der Waals surface area contributed by atoms with Crippen LogP contribution in [0, 0.1) is 58.0 Å². The minimum Gasteiger partial charge on any atom is -0.497 e. The van der Waals surface area contributed by atoms with Crippen molar-refractivity contribution >= 4 is 32.2 Å². The van der Waals surface area contributed by atoms with Crippen LogP contribution < -0.4 is 20.7 Å². The highest BCUT2D eigenvalue weighted by Gasteiger charge is 2.60. The molecule has 1 aliphatic heterocycles. The molecule has 0 bridgehead atoms. The SMILES string of the molecule is C.CNC(=O)CCC(=O)OC1[C@@H](COC(c2ccccc2)(c2ccccc2)c2ccc(OC)cc2)O[C@@H](c2cc(CNC(=O)CCCCCNC(=O)O[C@H]3CC[C@@]4(C)C(=CCC5[C@@H]6CC[C@H]([C@H](C)CCCC(C)C)[C@@]6(C)CC[C@@H]54)C3)c(F)cc2F)[C@H]1O[Si](C)(C)C(C)(C)C. The second-order valence-corrected chi connectivity index (χ2v) is 34.8. The van der Waals surface area contributed by atoms with Crippen molar-refractivity contribution in [3.63, 3.8) is 0 Å². The fraction of sp³-hybridized carbons (Fsp3) is 0.615. The largest absolute Gasteiger partial charge is 0.497 e. The molecule has 3 amide bonds. The topological polar surface area (TPSA) is 160 Å². The summed E-state index contributed by atoms with van der Waals surface area (Å²) in [6.07, 6.45) is 12.2. The number of unbranched alkanes of at least 4 members (excludes halogenated alkanes) is 2. The van der Waals surface area contributed by atoms with Gasteiger partial charge in [-0.2, -0.15) is 0 Å². The summed E-state index contributed by atoms with van der Waals surface area (Å²) in [7, 11) is 0.243. The van der Waals surface area contributed by atoms with Gasteiger partial charge in [-0.05, 0) is 157 Å². The number of halogens is 2. The smallest absolute Gasteiger partial charge is 0.407 e. The van der Waals surface area contributed by atoms with Crippen molar-refractivity contribution in [2.24, 2.45) is 46.3 Å². The number of benzene rings is 4. The molecule has 5 aliphatic rings. The Bertz CT molecular complexity index is 3150. The van der Waals surface area contributed by atoms with Gasteiger partial charge >= 0.3 is 12.1 Å². The molecule has 0 radical (unpaired) electrons. The molecule has 13 nitrogen and oxygen atoms in total. The quantitative estimate of drug-likeness (QED) is 0.0164. The number of rotatable bonds is 28. The van der Waals surface area contributed by atoms with Crippen LogP contribution in [0.2, 0.25) is 18.1 Å². The summed E-state index contributed by atoms with van der Waals surface area (Å²) in [5, 5.41) is 7.96. The number of carbonyl (C=O) groups is 4. The van der Waals surface area contributed by atoms with Crippen LogP contribution in [0.15, 0.2) is 109 Å². The lowest BCUT2D eigenvalue weighted by Gasteiger charge is -2.58. The lowest BCUT2D eigenvalue weighted by atomic mass is 9.47. The zero-order valence-electron chi connectivity index (χ0n) is 57.6. The predicted octanol–water partition coefficient (Wildman–Crippen LogP) is 17.2. The monoisotopic (exact) mass is 1320 g/mol. The number of amides is 3. The maximum atomic E-state index is 16.8. The molecular formula is C78H111F2N3O10Si. The average Bonchev–Trinajstić information content (AvgIpc) is 1.37. The summed E-state index contributed by atoms with van der Waals surface area (Å²) in [6.45, 7) is 22.6. The number of ether oxygens (including phenoxy) is 5. The molecule has 516 valence electrons. The summed E-state index contributed by atoms with van der Waals surface area (Å²) in [5.74, 6) is 2.14. The van der Waals surface area contributed by atoms with Crippen LogP contribution in [-0.4, -0.2) is 83.9 Å². The minimum atomic E-state index is -2.84. The third kappa shape index (κ3) is 16.7. The number of fused-ring (bicyclic) bond motifs is 5. The van der Waals surface area contributed by atoms with Gasteiger partial charge in [0.15, 0.2) is 14.4 Å². The number of esters is 1. The number of allylic oxidation sites excluding steroid dienone is 1. The Morgan fingerprint density at radius 2 is 1.41 bits per heavy atom. The molecule has 94 heavy (non-hydrogen) atoms. The van der Waals surface area contributed by atoms with Crippen LogP contribution in [0.4, 0.5) is 13.6 Å². The Labute approximate surface area is 561 Å². The van der Waals surface area contributed by atoms with Crippen LogP contribution in [0.1, 0.15) is 206 Å². The summed E-state index contributed by atoms with van der Waals surface area (Å²) < 4.78 is 72.2. The first-order chi connectivity index (χ1) is 44.3. The van der Waals surface area contributed by atoms with Gasteiger partial charge in [-0.15, -0.1) is 0 Å². The molecule has 2 unspecified atom stereocenters. The van der Waals surface area contributed by atoms with Crippen molar-refractivity contribution in [2.75, 3.05) is 27.3 Å². The lowest BCUT2D eigenvalue weighted by Crippen LogP contribution is -2.51. The number of hydrogen-bond acceptors (Lipinski definition) is 10. The number of nitrogens with one attached hydrogen (secondary N) is 3. The zero-order chi connectivity index (χ0) is 66.9. The van der Waals surface area contributed by atoms with Crippen molar-refractivity contribution in [3.05, 3.63) is 148 Å². The normalized spacial score (nSPS) is 26.2. The van der Waals surface area contributed by atoms with E-state index in [2.05, 4.69) is 77.4 Å². The first kappa shape index (κ1) is 73.9. The van der Waals surface area contributed by atoms with Gasteiger partial charge in [-0.3, -0.25) is 14.4 Å². The standard InChI is InChI=1S/C77H107F2N3O10Si.CH4/c1-50(2)23-22-24-51(3)61-36-37-62-59-35-32-56-46-58(40-42-75(56,7)63(59)41-43-76(61,62)8)89-73(86)81-44-21-15-20-29-68(84)82-48-52-45-60(65(79)47-64(52)78)70-72(92-93(11,12)74(4,5)6)71(91-69(85)39-38-67(83)80-9)66(90-70)49-88-77(53-25-16-13-17-26-53,54-27-18-14-19-28-54)55-30-33-57(87-10)34-31-55;/h13-14,16-19,25-28,30-34,45,47,50-51,58-59,61-63,66,70-72H,15,20-24,29,35-44,46,48-49H2,1-12H3,(H,80,83)(H,81,86)(H,82,84);1H4/t51-,58+,59?,61-,62+,63+,66-,70+,71?,72-,75+,76-;/m1./s1. The number of hydrogen-bond donors (Lipinski definition) is 3. The molecule has 3 saturated carbocycles. The van der Waals surface area contributed by atoms with Crippen LogP contribution in [0.25, 0.3) is 0 Å². The molecule has 1 saturated heterocycles. The van der Waals surface area contributed by atoms with E-state index in [4.69, 9.17) is 28.1 Å². The third-order valence-electron chi connectivity index (χ3n) is 22.8. The number of methoxy groups -OCH3 is 1. The molecule has 3 N–H and O–H groups in total. The molecule has 4 aromatic carbocycles. The fourth-order valence-electron chi connectivity index (χ4n) is 16.6. The second-order valence-electron chi connectivity index (χ2n) is 30.1. The number of carbonyl (C=O) groups excluding carboxylic acids is 4. The van der Waals surface area contributed by atoms with Gasteiger partial charge in [0.1, 0.15) is 47.4 Å². The van der Waals surface area contributed by atoms with Gasteiger partial charge in [-0.25, -0.2) is 13.6 Å². The van der Waals surface area contributed by atoms with E-state index < -0.39 is 62.0 Å². The Morgan fingerprint density at radius 3 is 2.06 bits per heavy atom. The minimum absolute atomic E-state index is 0. The van der Waals surface area contributed by atoms with Gasteiger partial charge in [0.25, 0.3) is 0 Å². The highest BCUT2D eigenvalue weighted by Crippen LogP contribution is 2.67. The van der Waals surface area contributed by atoms with Gasteiger partial charge in [0.2, 0.25) is 11.8 Å². The highest BCUT2D eigenvalue weighted by atomic mass is 28.4. The first-order valence-corrected chi connectivity index (χ1v) is 37.7. The van der Waals surface area contributed by atoms with Crippen LogP contribution >= 0.6 is 0 Å². The average molecular weight is 1320 g/mol. The van der Waals surface area contributed by atoms with E-state index in [9.17, 15) is 19.2 Å². The molecule has 4 aromatic rings. The molecule has 0 aromatic heterocycles. The van der Waals surface area contributed by atoms with E-state index in [0.29, 0.717) is 42.9 Å². The van der Waals surface area contributed by atoms with Crippen LogP contribution in [0.3, 0.4) is 0 Å². The lowest BCUT2D eigenvalue weighted by molar-refractivity contribution is -0.159. The van der Waals surface area contributed by atoms with Crippen LogP contribution in [-0.2, 0) is 49.9 Å². The van der Waals surface area contributed by atoms with Crippen molar-refractivity contribution in [3.8, 4) is 5.75 Å². The summed E-state index contributed by atoms with van der Waals surface area (Å²) in [6, 6.07) is 29.1. The Balaban J connectivity index is 0.0000113. The number of alkyl carbamates (subject to hydrolysis) is 1. The summed E-state index contributed by atoms with van der Waals surface area (Å²) >= 11 is 0. The van der Waals surface area contributed by atoms with Crippen molar-refractivity contribution in [1.29, 1.82) is 0 Å². The van der Waals surface area contributed by atoms with Crippen molar-refractivity contribution in [1.82, 2.24) is 16.0 Å². The highest BCUT2D eigenvalue weighted by molar-refractivity contribution is 6.74. The fourth-order valence-corrected chi connectivity index (χ4v) is 17.8. The first-order valence-electron chi connectivity index (χ1n) is 34.8. The van der Waals surface area contributed by atoms with E-state index in [1.165, 1.54) is 63.6 Å². The van der Waals surface area contributed by atoms with Gasteiger partial charge in [-0.1, -0.05) is 173 Å². The molecule has 12 atom stereocenters. The molecule has 9 rings (SSSR count). The van der Waals surface area contributed by atoms with Gasteiger partial charge < -0.3 is 44.1 Å². The molecular weight excluding hydrogens is 1200 g/mol. The van der Waals surface area contributed by atoms with Gasteiger partial charge in [0.05, 0.1) is 20.1 Å². The van der Waals surface area contributed by atoms with Crippen LogP contribution in [0.5, 0.6) is 5.75 Å². The Kier molecular flexibility index (Phi) is 25.1. The van der Waals surface area contributed by atoms with E-state index in [1.807, 2.05) is 98.0 Å². The van der Waals surface area contributed by atoms with E-state index in [0.717, 1.165) is 78.0 Å². The summed E-state index contributed by atoms with van der Waals surface area (Å²) in [4.78, 5) is 53.0. The van der Waals surface area contributed by atoms with E-state index >= 15 is 8.78 Å². The van der Waals surface area contributed by atoms with Crippen molar-refractivity contribution in [2.45, 2.75) is 233 Å². The second kappa shape index (κ2) is 31.9. The molecule has 4 fully saturated rings. The van der Waals surface area contributed by atoms with E-state index in [1.54, 1.807) is 7.11 Å². The Morgan fingerprint density at radius 1 is 0.734 bits per heavy atom.